The van der Waals surface area contributed by atoms with Gasteiger partial charge in [-0.25, -0.2) is 0 Å². The molecule has 22 heavy (non-hydrogen) atoms. The Balaban J connectivity index is 2.62. The van der Waals surface area contributed by atoms with Gasteiger partial charge in [0.25, 0.3) is 0 Å². The van der Waals surface area contributed by atoms with Crippen LogP contribution in [-0.2, 0) is 4.79 Å². The first kappa shape index (κ1) is 19.2. The lowest BCUT2D eigenvalue weighted by Gasteiger charge is -2.26. The molecule has 2 N–H and O–H groups in total. The first-order valence-electron chi connectivity index (χ1n) is 7.36. The number of hydrogen-bond acceptors (Lipinski definition) is 3. The Morgan fingerprint density at radius 2 is 1.95 bits per heavy atom. The van der Waals surface area contributed by atoms with Crippen molar-refractivity contribution in [3.63, 3.8) is 0 Å². The number of aliphatic hydroxyl groups excluding tert-OH is 1. The van der Waals surface area contributed by atoms with Crippen LogP contribution < -0.4 is 5.32 Å². The van der Waals surface area contributed by atoms with Crippen LogP contribution in [0.25, 0.3) is 0 Å². The van der Waals surface area contributed by atoms with Crippen LogP contribution in [0.3, 0.4) is 0 Å². The molecule has 3 unspecified atom stereocenters. The van der Waals surface area contributed by atoms with Crippen LogP contribution in [-0.4, -0.2) is 41.7 Å². The van der Waals surface area contributed by atoms with Crippen molar-refractivity contribution >= 4 is 29.1 Å². The monoisotopic (exact) mass is 346 g/mol. The average Bonchev–Trinajstić information content (AvgIpc) is 2.43. The Morgan fingerprint density at radius 3 is 2.50 bits per heavy atom. The topological polar surface area (TPSA) is 52.6 Å². The van der Waals surface area contributed by atoms with Gasteiger partial charge in [-0.3, -0.25) is 9.69 Å². The zero-order valence-electron chi connectivity index (χ0n) is 13.4. The molecule has 0 aliphatic carbocycles. The SMILES string of the molecule is CC(O)CCN(C)C(C)C(=O)NC(C)c1ccc(Cl)cc1Cl. The van der Waals surface area contributed by atoms with Gasteiger partial charge in [0.1, 0.15) is 0 Å². The molecule has 0 aromatic heterocycles. The summed E-state index contributed by atoms with van der Waals surface area (Å²) in [6, 6.07) is 4.75. The molecule has 1 rings (SSSR count). The number of aliphatic hydroxyl groups is 1. The molecule has 1 aromatic rings. The fourth-order valence-corrected chi connectivity index (χ4v) is 2.62. The van der Waals surface area contributed by atoms with Gasteiger partial charge < -0.3 is 10.4 Å². The van der Waals surface area contributed by atoms with Gasteiger partial charge in [-0.15, -0.1) is 0 Å². The van der Waals surface area contributed by atoms with E-state index >= 15 is 0 Å². The van der Waals surface area contributed by atoms with Crippen LogP contribution in [0.15, 0.2) is 18.2 Å². The van der Waals surface area contributed by atoms with Crippen LogP contribution in [0.1, 0.15) is 38.8 Å². The number of carbonyl (C=O) groups excluding carboxylic acids is 1. The van der Waals surface area contributed by atoms with E-state index in [2.05, 4.69) is 5.32 Å². The largest absolute Gasteiger partial charge is 0.393 e. The first-order valence-corrected chi connectivity index (χ1v) is 8.11. The summed E-state index contributed by atoms with van der Waals surface area (Å²) >= 11 is 12.0. The lowest BCUT2D eigenvalue weighted by molar-refractivity contribution is -0.126. The van der Waals surface area contributed by atoms with E-state index in [0.717, 1.165) is 5.56 Å². The lowest BCUT2D eigenvalue weighted by Crippen LogP contribution is -2.44. The molecule has 3 atom stereocenters. The molecule has 0 fully saturated rings. The number of likely N-dealkylation sites (N-methyl/N-ethyl adjacent to an activating group) is 1. The summed E-state index contributed by atoms with van der Waals surface area (Å²) in [5, 5.41) is 13.4. The molecule has 124 valence electrons. The van der Waals surface area contributed by atoms with Crippen molar-refractivity contribution in [1.82, 2.24) is 10.2 Å². The number of amides is 1. The minimum absolute atomic E-state index is 0.0772. The van der Waals surface area contributed by atoms with Gasteiger partial charge in [0, 0.05) is 16.6 Å². The Morgan fingerprint density at radius 1 is 1.32 bits per heavy atom. The molecule has 1 amide bonds. The first-order chi connectivity index (χ1) is 10.2. The molecule has 0 radical (unpaired) electrons. The number of hydrogen-bond donors (Lipinski definition) is 2. The number of nitrogens with one attached hydrogen (secondary N) is 1. The summed E-state index contributed by atoms with van der Waals surface area (Å²) in [6.07, 6.45) is 0.261. The molecule has 0 aliphatic rings. The van der Waals surface area contributed by atoms with E-state index in [1.165, 1.54) is 0 Å². The van der Waals surface area contributed by atoms with Gasteiger partial charge in [-0.1, -0.05) is 29.3 Å². The van der Waals surface area contributed by atoms with Gasteiger partial charge >= 0.3 is 0 Å². The smallest absolute Gasteiger partial charge is 0.237 e. The van der Waals surface area contributed by atoms with Crippen LogP contribution in [0.5, 0.6) is 0 Å². The summed E-state index contributed by atoms with van der Waals surface area (Å²) in [4.78, 5) is 14.2. The number of benzene rings is 1. The lowest BCUT2D eigenvalue weighted by atomic mass is 10.1. The molecular formula is C16H24Cl2N2O2. The van der Waals surface area contributed by atoms with Crippen LogP contribution in [0.2, 0.25) is 10.0 Å². The van der Waals surface area contributed by atoms with E-state index in [4.69, 9.17) is 23.2 Å². The van der Waals surface area contributed by atoms with Crippen molar-refractivity contribution in [2.75, 3.05) is 13.6 Å². The van der Waals surface area contributed by atoms with E-state index in [9.17, 15) is 9.90 Å². The van der Waals surface area contributed by atoms with E-state index in [1.54, 1.807) is 19.1 Å². The van der Waals surface area contributed by atoms with Crippen LogP contribution >= 0.6 is 23.2 Å². The van der Waals surface area contributed by atoms with Gasteiger partial charge in [-0.05, 0) is 51.9 Å². The molecule has 0 aliphatic heterocycles. The summed E-state index contributed by atoms with van der Waals surface area (Å²) in [7, 11) is 1.87. The van der Waals surface area contributed by atoms with E-state index in [1.807, 2.05) is 31.9 Å². The maximum absolute atomic E-state index is 12.3. The van der Waals surface area contributed by atoms with Gasteiger partial charge in [0.15, 0.2) is 0 Å². The van der Waals surface area contributed by atoms with Crippen LogP contribution in [0, 0.1) is 0 Å². The van der Waals surface area contributed by atoms with Crippen molar-refractivity contribution in [1.29, 1.82) is 0 Å². The van der Waals surface area contributed by atoms with E-state index in [0.29, 0.717) is 23.0 Å². The molecule has 0 heterocycles. The molecule has 0 spiro atoms. The summed E-state index contributed by atoms with van der Waals surface area (Å²) in [5.41, 5.74) is 0.832. The van der Waals surface area contributed by atoms with Crippen molar-refractivity contribution in [2.24, 2.45) is 0 Å². The molecule has 6 heteroatoms. The normalized spacial score (nSPS) is 15.5. The zero-order valence-corrected chi connectivity index (χ0v) is 14.9. The Bertz CT molecular complexity index is 509. The molecule has 0 saturated heterocycles. The third-order valence-electron chi connectivity index (χ3n) is 3.73. The van der Waals surface area contributed by atoms with Crippen molar-refractivity contribution in [3.8, 4) is 0 Å². The van der Waals surface area contributed by atoms with E-state index < -0.39 is 0 Å². The predicted molar refractivity (Wildman–Crippen MR) is 91.4 cm³/mol. The highest BCUT2D eigenvalue weighted by molar-refractivity contribution is 6.35. The maximum Gasteiger partial charge on any atom is 0.237 e. The molecule has 4 nitrogen and oxygen atoms in total. The number of carbonyl (C=O) groups is 1. The summed E-state index contributed by atoms with van der Waals surface area (Å²) in [5.74, 6) is -0.0772. The number of nitrogens with zero attached hydrogens (tertiary/aromatic N) is 1. The minimum Gasteiger partial charge on any atom is -0.393 e. The van der Waals surface area contributed by atoms with Gasteiger partial charge in [-0.2, -0.15) is 0 Å². The molecule has 0 saturated carbocycles. The highest BCUT2D eigenvalue weighted by Gasteiger charge is 2.21. The number of halogens is 2. The molecular weight excluding hydrogens is 323 g/mol. The Labute approximate surface area is 142 Å². The van der Waals surface area contributed by atoms with Crippen molar-refractivity contribution in [3.05, 3.63) is 33.8 Å². The third-order valence-corrected chi connectivity index (χ3v) is 4.29. The minimum atomic E-state index is -0.371. The second-order valence-corrected chi connectivity index (χ2v) is 6.53. The highest BCUT2D eigenvalue weighted by atomic mass is 35.5. The number of rotatable bonds is 7. The van der Waals surface area contributed by atoms with Gasteiger partial charge in [0.05, 0.1) is 18.2 Å². The zero-order chi connectivity index (χ0) is 16.9. The fraction of sp³-hybridized carbons (Fsp3) is 0.562. The third kappa shape index (κ3) is 5.76. The Kier molecular flexibility index (Phi) is 7.63. The average molecular weight is 347 g/mol. The highest BCUT2D eigenvalue weighted by Crippen LogP contribution is 2.26. The summed E-state index contributed by atoms with van der Waals surface area (Å²) in [6.45, 7) is 6.12. The predicted octanol–water partition coefficient (Wildman–Crippen LogP) is 3.26. The second-order valence-electron chi connectivity index (χ2n) is 5.69. The van der Waals surface area contributed by atoms with Gasteiger partial charge in [0.2, 0.25) is 5.91 Å². The Hall–Kier alpha value is -0.810. The van der Waals surface area contributed by atoms with Crippen LogP contribution in [0.4, 0.5) is 0 Å². The molecule has 0 bridgehead atoms. The fourth-order valence-electron chi connectivity index (χ4n) is 2.05. The van der Waals surface area contributed by atoms with Crippen molar-refractivity contribution in [2.45, 2.75) is 45.4 Å². The molecule has 1 aromatic carbocycles. The standard InChI is InChI=1S/C16H24Cl2N2O2/c1-10(21)7-8-20(4)12(3)16(22)19-11(2)14-6-5-13(17)9-15(14)18/h5-6,9-12,21H,7-8H2,1-4H3,(H,19,22). The maximum atomic E-state index is 12.3. The quantitative estimate of drug-likeness (QED) is 0.796. The summed E-state index contributed by atoms with van der Waals surface area (Å²) < 4.78 is 0. The van der Waals surface area contributed by atoms with E-state index in [-0.39, 0.29) is 24.1 Å². The second kappa shape index (κ2) is 8.73. The van der Waals surface area contributed by atoms with Crippen molar-refractivity contribution < 1.29 is 9.90 Å².